The van der Waals surface area contributed by atoms with Crippen LogP contribution in [0.5, 0.6) is 5.75 Å². The van der Waals surface area contributed by atoms with Gasteiger partial charge in [0.1, 0.15) is 5.75 Å². The van der Waals surface area contributed by atoms with E-state index in [1.54, 1.807) is 0 Å². The highest BCUT2D eigenvalue weighted by Crippen LogP contribution is 2.31. The SMILES string of the molecule is CC(C)(C)NCc1c(Cl)cccc1OC1CCCC1. The topological polar surface area (TPSA) is 21.3 Å². The maximum atomic E-state index is 6.32. The van der Waals surface area contributed by atoms with Gasteiger partial charge in [-0.1, -0.05) is 17.7 Å². The van der Waals surface area contributed by atoms with E-state index in [4.69, 9.17) is 16.3 Å². The summed E-state index contributed by atoms with van der Waals surface area (Å²) in [6.07, 6.45) is 5.26. The maximum Gasteiger partial charge on any atom is 0.125 e. The van der Waals surface area contributed by atoms with Crippen molar-refractivity contribution in [2.45, 2.75) is 64.6 Å². The lowest BCUT2D eigenvalue weighted by atomic mass is 10.1. The van der Waals surface area contributed by atoms with Crippen LogP contribution >= 0.6 is 11.6 Å². The molecule has 0 heterocycles. The minimum absolute atomic E-state index is 0.0732. The zero-order valence-corrected chi connectivity index (χ0v) is 12.9. The Balaban J connectivity index is 2.10. The van der Waals surface area contributed by atoms with E-state index in [1.807, 2.05) is 18.2 Å². The predicted octanol–water partition coefficient (Wildman–Crippen LogP) is 4.55. The van der Waals surface area contributed by atoms with Crippen LogP contribution in [-0.2, 0) is 6.54 Å². The lowest BCUT2D eigenvalue weighted by molar-refractivity contribution is 0.207. The average molecular weight is 282 g/mol. The van der Waals surface area contributed by atoms with Crippen molar-refractivity contribution in [2.24, 2.45) is 0 Å². The number of benzene rings is 1. The van der Waals surface area contributed by atoms with Gasteiger partial charge in [-0.05, 0) is 58.6 Å². The van der Waals surface area contributed by atoms with Gasteiger partial charge in [-0.25, -0.2) is 0 Å². The first-order valence-electron chi connectivity index (χ1n) is 7.15. The molecule has 0 bridgehead atoms. The third kappa shape index (κ3) is 4.39. The van der Waals surface area contributed by atoms with Crippen molar-refractivity contribution in [3.63, 3.8) is 0 Å². The summed E-state index contributed by atoms with van der Waals surface area (Å²) in [6.45, 7) is 7.20. The van der Waals surface area contributed by atoms with Crippen molar-refractivity contribution in [3.05, 3.63) is 28.8 Å². The van der Waals surface area contributed by atoms with E-state index in [-0.39, 0.29) is 5.54 Å². The molecule has 1 saturated carbocycles. The van der Waals surface area contributed by atoms with Crippen LogP contribution in [0.3, 0.4) is 0 Å². The molecule has 1 aromatic carbocycles. The second kappa shape index (κ2) is 6.15. The monoisotopic (exact) mass is 281 g/mol. The van der Waals surface area contributed by atoms with Gasteiger partial charge in [0, 0.05) is 22.7 Å². The van der Waals surface area contributed by atoms with Crippen molar-refractivity contribution in [1.82, 2.24) is 5.32 Å². The number of ether oxygens (including phenoxy) is 1. The summed E-state index contributed by atoms with van der Waals surface area (Å²) in [5.41, 5.74) is 1.15. The molecule has 0 spiro atoms. The molecule has 1 fully saturated rings. The third-order valence-corrected chi connectivity index (χ3v) is 3.82. The normalized spacial score (nSPS) is 16.8. The highest BCUT2D eigenvalue weighted by atomic mass is 35.5. The zero-order chi connectivity index (χ0) is 13.9. The maximum absolute atomic E-state index is 6.32. The highest BCUT2D eigenvalue weighted by molar-refractivity contribution is 6.31. The largest absolute Gasteiger partial charge is 0.490 e. The number of rotatable bonds is 4. The van der Waals surface area contributed by atoms with Gasteiger partial charge in [0.05, 0.1) is 6.10 Å². The molecule has 0 aromatic heterocycles. The molecule has 2 nitrogen and oxygen atoms in total. The Morgan fingerprint density at radius 3 is 2.58 bits per heavy atom. The van der Waals surface area contributed by atoms with Crippen LogP contribution in [0.4, 0.5) is 0 Å². The molecule has 19 heavy (non-hydrogen) atoms. The van der Waals surface area contributed by atoms with E-state index < -0.39 is 0 Å². The molecule has 0 radical (unpaired) electrons. The van der Waals surface area contributed by atoms with E-state index >= 15 is 0 Å². The van der Waals surface area contributed by atoms with E-state index in [1.165, 1.54) is 25.7 Å². The molecule has 1 aromatic rings. The average Bonchev–Trinajstić information content (AvgIpc) is 2.79. The van der Waals surface area contributed by atoms with Gasteiger partial charge in [-0.3, -0.25) is 0 Å². The van der Waals surface area contributed by atoms with Crippen LogP contribution in [0.15, 0.2) is 18.2 Å². The van der Waals surface area contributed by atoms with Gasteiger partial charge in [0.2, 0.25) is 0 Å². The van der Waals surface area contributed by atoms with Crippen molar-refractivity contribution < 1.29 is 4.74 Å². The van der Waals surface area contributed by atoms with Crippen LogP contribution < -0.4 is 10.1 Å². The second-order valence-electron chi connectivity index (χ2n) is 6.34. The quantitative estimate of drug-likeness (QED) is 0.874. The molecule has 0 amide bonds. The Morgan fingerprint density at radius 1 is 1.26 bits per heavy atom. The molecule has 2 rings (SSSR count). The molecule has 1 aliphatic carbocycles. The lowest BCUT2D eigenvalue weighted by Crippen LogP contribution is -2.35. The van der Waals surface area contributed by atoms with Crippen molar-refractivity contribution >= 4 is 11.6 Å². The number of nitrogens with one attached hydrogen (secondary N) is 1. The number of halogens is 1. The fraction of sp³-hybridized carbons (Fsp3) is 0.625. The first kappa shape index (κ1) is 14.7. The standard InChI is InChI=1S/C16H24ClNO/c1-16(2,3)18-11-13-14(17)9-6-10-15(13)19-12-7-4-5-8-12/h6,9-10,12,18H,4-5,7-8,11H2,1-3H3. The Bertz CT molecular complexity index is 419. The Kier molecular flexibility index (Phi) is 4.75. The van der Waals surface area contributed by atoms with Gasteiger partial charge < -0.3 is 10.1 Å². The van der Waals surface area contributed by atoms with Crippen molar-refractivity contribution in [1.29, 1.82) is 0 Å². The molecule has 3 heteroatoms. The number of hydrogen-bond donors (Lipinski definition) is 1. The molecule has 0 unspecified atom stereocenters. The Labute approximate surface area is 121 Å². The molecule has 0 atom stereocenters. The fourth-order valence-corrected chi connectivity index (χ4v) is 2.59. The molecule has 106 valence electrons. The number of hydrogen-bond acceptors (Lipinski definition) is 2. The second-order valence-corrected chi connectivity index (χ2v) is 6.75. The van der Waals surface area contributed by atoms with Crippen molar-refractivity contribution in [3.8, 4) is 5.75 Å². The van der Waals surface area contributed by atoms with Gasteiger partial charge in [0.15, 0.2) is 0 Å². The summed E-state index contributed by atoms with van der Waals surface area (Å²) in [4.78, 5) is 0. The Morgan fingerprint density at radius 2 is 1.95 bits per heavy atom. The summed E-state index contributed by atoms with van der Waals surface area (Å²) < 4.78 is 6.13. The molecule has 1 N–H and O–H groups in total. The molecular weight excluding hydrogens is 258 g/mol. The Hall–Kier alpha value is -0.730. The van der Waals surface area contributed by atoms with Crippen LogP contribution in [0.2, 0.25) is 5.02 Å². The fourth-order valence-electron chi connectivity index (χ4n) is 2.36. The van der Waals surface area contributed by atoms with Gasteiger partial charge in [-0.2, -0.15) is 0 Å². The summed E-state index contributed by atoms with van der Waals surface area (Å²) in [5, 5.41) is 4.26. The first-order chi connectivity index (χ1) is 8.96. The summed E-state index contributed by atoms with van der Waals surface area (Å²) >= 11 is 6.32. The van der Waals surface area contributed by atoms with E-state index in [0.29, 0.717) is 6.10 Å². The summed E-state index contributed by atoms with van der Waals surface area (Å²) in [5.74, 6) is 0.941. The smallest absolute Gasteiger partial charge is 0.125 e. The van der Waals surface area contributed by atoms with E-state index in [9.17, 15) is 0 Å². The molecule has 0 aliphatic heterocycles. The van der Waals surface area contributed by atoms with Gasteiger partial charge >= 0.3 is 0 Å². The minimum Gasteiger partial charge on any atom is -0.490 e. The van der Waals surface area contributed by atoms with Crippen LogP contribution in [-0.4, -0.2) is 11.6 Å². The van der Waals surface area contributed by atoms with E-state index in [2.05, 4.69) is 26.1 Å². The van der Waals surface area contributed by atoms with Crippen LogP contribution in [0.1, 0.15) is 52.0 Å². The molecular formula is C16H24ClNO. The minimum atomic E-state index is 0.0732. The summed E-state index contributed by atoms with van der Waals surface area (Å²) in [7, 11) is 0. The van der Waals surface area contributed by atoms with Crippen molar-refractivity contribution in [2.75, 3.05) is 0 Å². The van der Waals surface area contributed by atoms with Gasteiger partial charge in [0.25, 0.3) is 0 Å². The molecule has 0 saturated heterocycles. The zero-order valence-electron chi connectivity index (χ0n) is 12.1. The molecule has 1 aliphatic rings. The lowest BCUT2D eigenvalue weighted by Gasteiger charge is -2.23. The van der Waals surface area contributed by atoms with Gasteiger partial charge in [-0.15, -0.1) is 0 Å². The van der Waals surface area contributed by atoms with E-state index in [0.717, 1.165) is 22.9 Å². The van der Waals surface area contributed by atoms with Crippen LogP contribution in [0.25, 0.3) is 0 Å². The summed E-state index contributed by atoms with van der Waals surface area (Å²) in [6, 6.07) is 5.93. The van der Waals surface area contributed by atoms with Crippen LogP contribution in [0, 0.1) is 0 Å². The highest BCUT2D eigenvalue weighted by Gasteiger charge is 2.19. The first-order valence-corrected chi connectivity index (χ1v) is 7.52. The third-order valence-electron chi connectivity index (χ3n) is 3.47. The predicted molar refractivity (Wildman–Crippen MR) is 80.9 cm³/mol.